The minimum absolute atomic E-state index is 0.0836. The molecule has 6 radical (unpaired) electrons. The molecule has 2 aliphatic heterocycles. The molecule has 2 aliphatic rings. The number of nitriles is 2. The molecule has 0 amide bonds. The van der Waals surface area contributed by atoms with Crippen molar-refractivity contribution in [1.29, 1.82) is 10.5 Å². The highest BCUT2D eigenvalue weighted by Crippen LogP contribution is 2.39. The van der Waals surface area contributed by atoms with E-state index in [1.165, 1.54) is 11.8 Å². The Balaban J connectivity index is 1.64. The lowest BCUT2D eigenvalue weighted by Crippen LogP contribution is -2.35. The number of hydrogen-bond acceptors (Lipinski definition) is 9. The first-order valence-electron chi connectivity index (χ1n) is 11.3. The SMILES string of the molecule is [B]C([B])([B])OCCOc1ccc(-c2c(C#N)c(SCC3COC3)nc(N3CCCC3)c2C#N)cn1. The Labute approximate surface area is 213 Å². The van der Waals surface area contributed by atoms with Gasteiger partial charge in [-0.15, -0.1) is 11.8 Å². The normalized spacial score (nSPS) is 15.9. The Morgan fingerprint density at radius 1 is 1.11 bits per heavy atom. The molecular weight excluding hydrogens is 459 g/mol. The molecule has 2 aromatic heterocycles. The molecule has 0 bridgehead atoms. The highest BCUT2D eigenvalue weighted by molar-refractivity contribution is 7.99. The van der Waals surface area contributed by atoms with Gasteiger partial charge < -0.3 is 19.1 Å². The maximum Gasteiger partial charge on any atom is 0.213 e. The van der Waals surface area contributed by atoms with Gasteiger partial charge in [-0.25, -0.2) is 9.97 Å². The summed E-state index contributed by atoms with van der Waals surface area (Å²) < 4.78 is 15.8. The maximum atomic E-state index is 10.1. The molecule has 2 saturated heterocycles. The molecule has 0 aliphatic carbocycles. The van der Waals surface area contributed by atoms with E-state index >= 15 is 0 Å². The molecule has 0 aromatic carbocycles. The first-order chi connectivity index (χ1) is 16.9. The molecule has 4 rings (SSSR count). The average Bonchev–Trinajstić information content (AvgIpc) is 3.34. The monoisotopic (exact) mass is 481 g/mol. The molecule has 0 saturated carbocycles. The first kappa shape index (κ1) is 25.4. The predicted molar refractivity (Wildman–Crippen MR) is 135 cm³/mol. The van der Waals surface area contributed by atoms with Gasteiger partial charge in [0, 0.05) is 48.2 Å². The van der Waals surface area contributed by atoms with Crippen LogP contribution in [0, 0.1) is 28.6 Å². The summed E-state index contributed by atoms with van der Waals surface area (Å²) in [4.78, 5) is 11.3. The zero-order valence-corrected chi connectivity index (χ0v) is 20.1. The summed E-state index contributed by atoms with van der Waals surface area (Å²) in [6.45, 7) is 3.33. The van der Waals surface area contributed by atoms with E-state index in [9.17, 15) is 10.5 Å². The standard InChI is InChI=1S/C23H22B3N5O3S/c24-23(25,26)34-8-7-33-19-4-3-16(11-29-19)20-17(9-27)21(31-5-1-2-6-31)30-22(18(20)10-28)35-14-15-12-32-13-15/h3-4,11,15H,1-2,5-8,12-14H2. The highest BCUT2D eigenvalue weighted by Gasteiger charge is 2.27. The molecule has 2 aromatic rings. The van der Waals surface area contributed by atoms with Crippen LogP contribution in [0.2, 0.25) is 0 Å². The number of rotatable bonds is 10. The lowest BCUT2D eigenvalue weighted by molar-refractivity contribution is -0.0196. The largest absolute Gasteiger partial charge is 0.475 e. The van der Waals surface area contributed by atoms with Gasteiger partial charge in [-0.2, -0.15) is 10.5 Å². The summed E-state index contributed by atoms with van der Waals surface area (Å²) in [6.07, 6.45) is 3.68. The molecule has 8 nitrogen and oxygen atoms in total. The lowest BCUT2D eigenvalue weighted by Gasteiger charge is -2.26. The number of anilines is 1. The number of nitrogens with zero attached hydrogens (tertiary/aromatic N) is 5. The maximum absolute atomic E-state index is 10.1. The van der Waals surface area contributed by atoms with E-state index in [0.29, 0.717) is 44.9 Å². The van der Waals surface area contributed by atoms with Crippen LogP contribution in [0.25, 0.3) is 11.1 Å². The van der Waals surface area contributed by atoms with Crippen molar-refractivity contribution >= 4 is 41.1 Å². The number of ether oxygens (including phenoxy) is 3. The van der Waals surface area contributed by atoms with Gasteiger partial charge in [0.05, 0.1) is 48.9 Å². The van der Waals surface area contributed by atoms with Crippen LogP contribution in [-0.2, 0) is 9.47 Å². The van der Waals surface area contributed by atoms with Crippen molar-refractivity contribution in [2.75, 3.05) is 50.2 Å². The number of thioether (sulfide) groups is 1. The Hall–Kier alpha value is -2.66. The van der Waals surface area contributed by atoms with Gasteiger partial charge in [0.15, 0.2) is 0 Å². The molecule has 2 fully saturated rings. The summed E-state index contributed by atoms with van der Waals surface area (Å²) in [6, 6.07) is 8.05. The quantitative estimate of drug-likeness (QED) is 0.285. The Kier molecular flexibility index (Phi) is 8.28. The first-order valence-corrected chi connectivity index (χ1v) is 12.3. The van der Waals surface area contributed by atoms with Gasteiger partial charge in [-0.3, -0.25) is 0 Å². The third-order valence-electron chi connectivity index (χ3n) is 5.65. The second-order valence-electron chi connectivity index (χ2n) is 8.43. The molecule has 4 heterocycles. The number of hydrogen-bond donors (Lipinski definition) is 0. The Morgan fingerprint density at radius 2 is 1.86 bits per heavy atom. The minimum Gasteiger partial charge on any atom is -0.475 e. The zero-order valence-electron chi connectivity index (χ0n) is 19.3. The fourth-order valence-electron chi connectivity index (χ4n) is 3.87. The molecule has 0 unspecified atom stereocenters. The van der Waals surface area contributed by atoms with Gasteiger partial charge in [0.2, 0.25) is 5.88 Å². The van der Waals surface area contributed by atoms with Gasteiger partial charge in [0.1, 0.15) is 35.2 Å². The molecule has 0 spiro atoms. The molecular formula is C23H22B3N5O3S. The topological polar surface area (TPSA) is 104 Å². The van der Waals surface area contributed by atoms with Gasteiger partial charge in [-0.1, -0.05) is 0 Å². The van der Waals surface area contributed by atoms with E-state index in [2.05, 4.69) is 22.0 Å². The summed E-state index contributed by atoms with van der Waals surface area (Å²) in [5, 5.41) is 19.1. The molecule has 172 valence electrons. The molecule has 35 heavy (non-hydrogen) atoms. The average molecular weight is 481 g/mol. The van der Waals surface area contributed by atoms with Crippen LogP contribution in [0.15, 0.2) is 23.4 Å². The van der Waals surface area contributed by atoms with E-state index < -0.39 is 5.30 Å². The van der Waals surface area contributed by atoms with E-state index in [-0.39, 0.29) is 13.2 Å². The van der Waals surface area contributed by atoms with E-state index in [4.69, 9.17) is 42.7 Å². The van der Waals surface area contributed by atoms with Crippen LogP contribution in [-0.4, -0.2) is 84.1 Å². The summed E-state index contributed by atoms with van der Waals surface area (Å²) in [5.74, 6) is 2.21. The van der Waals surface area contributed by atoms with E-state index in [1.54, 1.807) is 18.3 Å². The second-order valence-corrected chi connectivity index (χ2v) is 9.44. The number of pyridine rings is 2. The predicted octanol–water partition coefficient (Wildman–Crippen LogP) is 1.74. The van der Waals surface area contributed by atoms with E-state index in [1.807, 2.05) is 0 Å². The third kappa shape index (κ3) is 6.32. The third-order valence-corrected chi connectivity index (χ3v) is 6.85. The summed E-state index contributed by atoms with van der Waals surface area (Å²) >= 11 is 1.54. The lowest BCUT2D eigenvalue weighted by atomic mass is 9.52. The van der Waals surface area contributed by atoms with Crippen molar-refractivity contribution in [3.63, 3.8) is 0 Å². The van der Waals surface area contributed by atoms with E-state index in [0.717, 1.165) is 44.9 Å². The molecule has 0 atom stereocenters. The van der Waals surface area contributed by atoms with Crippen LogP contribution >= 0.6 is 11.8 Å². The van der Waals surface area contributed by atoms with Crippen LogP contribution < -0.4 is 9.64 Å². The number of aromatic nitrogens is 2. The van der Waals surface area contributed by atoms with Crippen LogP contribution in [0.4, 0.5) is 5.82 Å². The summed E-state index contributed by atoms with van der Waals surface area (Å²) in [7, 11) is 16.1. The van der Waals surface area contributed by atoms with Crippen molar-refractivity contribution in [1.82, 2.24) is 9.97 Å². The zero-order chi connectivity index (χ0) is 24.8. The fourth-order valence-corrected chi connectivity index (χ4v) is 4.90. The summed E-state index contributed by atoms with van der Waals surface area (Å²) in [5.41, 5.74) is 1.95. The van der Waals surface area contributed by atoms with Gasteiger partial charge in [0.25, 0.3) is 0 Å². The fraction of sp³-hybridized carbons (Fsp3) is 0.478. The van der Waals surface area contributed by atoms with Crippen LogP contribution in [0.1, 0.15) is 24.0 Å². The van der Waals surface area contributed by atoms with Crippen LogP contribution in [0.5, 0.6) is 5.88 Å². The minimum atomic E-state index is -1.72. The second kappa shape index (κ2) is 11.4. The van der Waals surface area contributed by atoms with Gasteiger partial charge in [-0.05, 0) is 24.2 Å². The van der Waals surface area contributed by atoms with Crippen molar-refractivity contribution in [3.05, 3.63) is 29.5 Å². The van der Waals surface area contributed by atoms with Crippen molar-refractivity contribution < 1.29 is 14.2 Å². The molecule has 0 N–H and O–H groups in total. The van der Waals surface area contributed by atoms with Crippen LogP contribution in [0.3, 0.4) is 0 Å². The Bertz CT molecular complexity index is 1120. The van der Waals surface area contributed by atoms with Crippen molar-refractivity contribution in [2.45, 2.75) is 23.2 Å². The Morgan fingerprint density at radius 3 is 2.43 bits per heavy atom. The smallest absolute Gasteiger partial charge is 0.213 e. The highest BCUT2D eigenvalue weighted by atomic mass is 32.2. The van der Waals surface area contributed by atoms with Gasteiger partial charge >= 0.3 is 0 Å². The molecule has 12 heteroatoms. The van der Waals surface area contributed by atoms with Crippen molar-refractivity contribution in [2.24, 2.45) is 5.92 Å². The van der Waals surface area contributed by atoms with Crippen molar-refractivity contribution in [3.8, 4) is 29.1 Å².